The zero-order valence-electron chi connectivity index (χ0n) is 17.1. The molecule has 7 nitrogen and oxygen atoms in total. The average molecular weight is 513 g/mol. The molecule has 1 aliphatic heterocycles. The van der Waals surface area contributed by atoms with Crippen molar-refractivity contribution in [3.63, 3.8) is 0 Å². The first-order valence-electron chi connectivity index (χ1n) is 9.58. The Kier molecular flexibility index (Phi) is 6.03. The maximum absolute atomic E-state index is 12.8. The molecule has 2 amide bonds. The Morgan fingerprint density at radius 1 is 1.12 bits per heavy atom. The number of benzene rings is 2. The van der Waals surface area contributed by atoms with Crippen LogP contribution in [-0.4, -0.2) is 21.0 Å². The molecular weight excluding hydrogens is 496 g/mol. The normalized spacial score (nSPS) is 15.1. The first kappa shape index (κ1) is 22.0. The lowest BCUT2D eigenvalue weighted by molar-refractivity contribution is -0.385. The Morgan fingerprint density at radius 3 is 2.53 bits per heavy atom. The van der Waals surface area contributed by atoms with Crippen LogP contribution in [0.15, 0.2) is 62.3 Å². The molecule has 0 radical (unpaired) electrons. The van der Waals surface area contributed by atoms with Crippen molar-refractivity contribution in [1.82, 2.24) is 4.90 Å². The first-order valence-corrected chi connectivity index (χ1v) is 11.2. The molecule has 3 aromatic rings. The van der Waals surface area contributed by atoms with Crippen molar-refractivity contribution in [1.29, 1.82) is 0 Å². The highest BCUT2D eigenvalue weighted by atomic mass is 79.9. The zero-order valence-corrected chi connectivity index (χ0v) is 19.5. The van der Waals surface area contributed by atoms with Crippen molar-refractivity contribution in [2.24, 2.45) is 0 Å². The third-order valence-corrected chi connectivity index (χ3v) is 6.58. The van der Waals surface area contributed by atoms with E-state index in [0.717, 1.165) is 27.4 Å². The molecule has 0 aliphatic carbocycles. The van der Waals surface area contributed by atoms with Gasteiger partial charge in [-0.1, -0.05) is 28.1 Å². The van der Waals surface area contributed by atoms with Crippen LogP contribution in [0.3, 0.4) is 0 Å². The maximum Gasteiger partial charge on any atom is 0.293 e. The smallest absolute Gasteiger partial charge is 0.293 e. The van der Waals surface area contributed by atoms with E-state index >= 15 is 0 Å². The summed E-state index contributed by atoms with van der Waals surface area (Å²) in [4.78, 5) is 37.5. The number of halogens is 1. The molecule has 0 atom stereocenters. The third-order valence-electron chi connectivity index (χ3n) is 5.15. The summed E-state index contributed by atoms with van der Waals surface area (Å²) in [6, 6.07) is 14.0. The Labute approximate surface area is 196 Å². The van der Waals surface area contributed by atoms with Gasteiger partial charge in [0.05, 0.1) is 16.4 Å². The molecule has 162 valence electrons. The lowest BCUT2D eigenvalue weighted by Gasteiger charge is -2.12. The molecule has 0 spiro atoms. The quantitative estimate of drug-likeness (QED) is 0.221. The fraction of sp³-hybridized carbons (Fsp3) is 0.130. The van der Waals surface area contributed by atoms with Crippen LogP contribution in [0.5, 0.6) is 0 Å². The number of nitro groups is 1. The lowest BCUT2D eigenvalue weighted by atomic mass is 10.0. The van der Waals surface area contributed by atoms with Crippen LogP contribution in [0.25, 0.3) is 17.4 Å². The minimum absolute atomic E-state index is 0.0204. The molecule has 0 N–H and O–H groups in total. The number of imide groups is 1. The van der Waals surface area contributed by atoms with Gasteiger partial charge in [0.1, 0.15) is 11.5 Å². The largest absolute Gasteiger partial charge is 0.457 e. The van der Waals surface area contributed by atoms with Gasteiger partial charge in [0, 0.05) is 27.7 Å². The minimum atomic E-state index is -0.420. The summed E-state index contributed by atoms with van der Waals surface area (Å²) in [5, 5.41) is 11.0. The summed E-state index contributed by atoms with van der Waals surface area (Å²) in [6.45, 7) is 3.69. The van der Waals surface area contributed by atoms with Gasteiger partial charge in [0.15, 0.2) is 0 Å². The van der Waals surface area contributed by atoms with E-state index in [1.54, 1.807) is 26.0 Å². The molecule has 1 aliphatic rings. The number of hydrogen-bond donors (Lipinski definition) is 0. The van der Waals surface area contributed by atoms with Gasteiger partial charge in [-0.3, -0.25) is 24.6 Å². The molecule has 1 saturated heterocycles. The predicted molar refractivity (Wildman–Crippen MR) is 126 cm³/mol. The minimum Gasteiger partial charge on any atom is -0.457 e. The molecular formula is C23H17BrN2O5S. The summed E-state index contributed by atoms with van der Waals surface area (Å²) in [5.74, 6) is 0.439. The van der Waals surface area contributed by atoms with E-state index in [9.17, 15) is 19.7 Å². The van der Waals surface area contributed by atoms with Gasteiger partial charge in [0.25, 0.3) is 16.8 Å². The number of carbonyl (C=O) groups excluding carboxylic acids is 2. The molecule has 9 heteroatoms. The van der Waals surface area contributed by atoms with Crippen LogP contribution in [0.1, 0.15) is 22.5 Å². The SMILES string of the molecule is Cc1cc(-c2ccc(/C=C3/SC(=O)N(Cc4ccc(Br)cc4)C3=O)o2)cc([N+](=O)[O-])c1C. The van der Waals surface area contributed by atoms with Crippen LogP contribution in [0.4, 0.5) is 10.5 Å². The number of furan rings is 1. The average Bonchev–Trinajstić information content (AvgIpc) is 3.31. The van der Waals surface area contributed by atoms with E-state index in [4.69, 9.17) is 4.42 Å². The second kappa shape index (κ2) is 8.76. The fourth-order valence-electron chi connectivity index (χ4n) is 3.30. The monoisotopic (exact) mass is 512 g/mol. The predicted octanol–water partition coefficient (Wildman–Crippen LogP) is 6.47. The van der Waals surface area contributed by atoms with Crippen molar-refractivity contribution >= 4 is 50.6 Å². The van der Waals surface area contributed by atoms with Gasteiger partial charge in [-0.05, 0) is 67.1 Å². The van der Waals surface area contributed by atoms with Gasteiger partial charge in [-0.2, -0.15) is 0 Å². The highest BCUT2D eigenvalue weighted by molar-refractivity contribution is 9.10. The second-order valence-corrected chi connectivity index (χ2v) is 9.20. The van der Waals surface area contributed by atoms with E-state index in [0.29, 0.717) is 22.6 Å². The van der Waals surface area contributed by atoms with E-state index in [1.165, 1.54) is 17.0 Å². The summed E-state index contributed by atoms with van der Waals surface area (Å²) >= 11 is 4.22. The number of hydrogen-bond acceptors (Lipinski definition) is 6. The Balaban J connectivity index is 1.57. The van der Waals surface area contributed by atoms with E-state index in [1.807, 2.05) is 30.3 Å². The molecule has 0 unspecified atom stereocenters. The van der Waals surface area contributed by atoms with Crippen molar-refractivity contribution < 1.29 is 18.9 Å². The van der Waals surface area contributed by atoms with Crippen LogP contribution >= 0.6 is 27.7 Å². The van der Waals surface area contributed by atoms with E-state index < -0.39 is 4.92 Å². The highest BCUT2D eigenvalue weighted by Crippen LogP contribution is 2.35. The van der Waals surface area contributed by atoms with Crippen molar-refractivity contribution in [3.05, 3.63) is 90.5 Å². The standard InChI is InChI=1S/C23H17BrN2O5S/c1-13-9-16(10-19(14(13)2)26(29)30)20-8-7-18(31-20)11-21-22(27)25(23(28)32-21)12-15-3-5-17(24)6-4-15/h3-11H,12H2,1-2H3/b21-11+. The fourth-order valence-corrected chi connectivity index (χ4v) is 4.38. The van der Waals surface area contributed by atoms with Crippen molar-refractivity contribution in [2.75, 3.05) is 0 Å². The van der Waals surface area contributed by atoms with Crippen LogP contribution < -0.4 is 0 Å². The molecule has 2 aromatic carbocycles. The first-order chi connectivity index (χ1) is 15.2. The molecule has 1 fully saturated rings. The Hall–Kier alpha value is -3.17. The van der Waals surface area contributed by atoms with Gasteiger partial charge in [-0.25, -0.2) is 0 Å². The molecule has 0 bridgehead atoms. The number of nitro benzene ring substituents is 1. The van der Waals surface area contributed by atoms with Crippen molar-refractivity contribution in [2.45, 2.75) is 20.4 Å². The molecule has 32 heavy (non-hydrogen) atoms. The van der Waals surface area contributed by atoms with Gasteiger partial charge >= 0.3 is 0 Å². The zero-order chi connectivity index (χ0) is 23.0. The molecule has 2 heterocycles. The summed E-state index contributed by atoms with van der Waals surface area (Å²) in [7, 11) is 0. The lowest BCUT2D eigenvalue weighted by Crippen LogP contribution is -2.27. The number of amides is 2. The van der Waals surface area contributed by atoms with Crippen molar-refractivity contribution in [3.8, 4) is 11.3 Å². The second-order valence-electron chi connectivity index (χ2n) is 7.29. The van der Waals surface area contributed by atoms with E-state index in [2.05, 4.69) is 15.9 Å². The van der Waals surface area contributed by atoms with Gasteiger partial charge in [-0.15, -0.1) is 0 Å². The van der Waals surface area contributed by atoms with Crippen LogP contribution in [0, 0.1) is 24.0 Å². The van der Waals surface area contributed by atoms with Gasteiger partial charge in [0.2, 0.25) is 0 Å². The topological polar surface area (TPSA) is 93.7 Å². The Morgan fingerprint density at radius 2 is 1.84 bits per heavy atom. The number of rotatable bonds is 5. The number of carbonyl (C=O) groups is 2. The molecule has 0 saturated carbocycles. The molecule has 4 rings (SSSR count). The van der Waals surface area contributed by atoms with Gasteiger partial charge < -0.3 is 4.42 Å². The number of aryl methyl sites for hydroxylation is 1. The maximum atomic E-state index is 12.8. The number of nitrogens with zero attached hydrogens (tertiary/aromatic N) is 2. The van der Waals surface area contributed by atoms with Crippen LogP contribution in [-0.2, 0) is 11.3 Å². The highest BCUT2D eigenvalue weighted by Gasteiger charge is 2.35. The molecule has 1 aromatic heterocycles. The van der Waals surface area contributed by atoms with Crippen LogP contribution in [0.2, 0.25) is 0 Å². The number of thioether (sulfide) groups is 1. The Bertz CT molecular complexity index is 1280. The summed E-state index contributed by atoms with van der Waals surface area (Å²) in [5.41, 5.74) is 2.81. The third kappa shape index (κ3) is 4.39. The summed E-state index contributed by atoms with van der Waals surface area (Å²) < 4.78 is 6.73. The summed E-state index contributed by atoms with van der Waals surface area (Å²) in [6.07, 6.45) is 1.52. The van der Waals surface area contributed by atoms with E-state index in [-0.39, 0.29) is 28.3 Å².